The van der Waals surface area contributed by atoms with Gasteiger partial charge in [0.1, 0.15) is 5.75 Å². The molecule has 0 bridgehead atoms. The Balaban J connectivity index is 1.79. The number of nitrogens with zero attached hydrogens (tertiary/aromatic N) is 1. The molecule has 1 amide bonds. The molecule has 0 aliphatic heterocycles. The minimum absolute atomic E-state index is 0.115. The van der Waals surface area contributed by atoms with Gasteiger partial charge in [-0.2, -0.15) is 5.10 Å². The highest BCUT2D eigenvalue weighted by Gasteiger charge is 2.10. The summed E-state index contributed by atoms with van der Waals surface area (Å²) in [6.07, 6.45) is 1.58. The largest absolute Gasteiger partial charge is 0.507 e. The maximum absolute atomic E-state index is 12.0. The Hall–Kier alpha value is -2.85. The van der Waals surface area contributed by atoms with Crippen LogP contribution in [0.2, 0.25) is 5.02 Å². The lowest BCUT2D eigenvalue weighted by molar-refractivity contribution is 0.0952. The quantitative estimate of drug-likeness (QED) is 0.566. The SMILES string of the molecule is O=C(N/N=C\c1cccc2ccccc12)c1ccc(Cl)cc1O. The fraction of sp³-hybridized carbons (Fsp3) is 0. The molecular formula is C18H13ClN2O2. The van der Waals surface area contributed by atoms with E-state index in [-0.39, 0.29) is 11.3 Å². The van der Waals surface area contributed by atoms with E-state index in [0.717, 1.165) is 16.3 Å². The number of rotatable bonds is 3. The first kappa shape index (κ1) is 15.1. The number of amides is 1. The van der Waals surface area contributed by atoms with E-state index in [1.54, 1.807) is 6.21 Å². The number of nitrogens with one attached hydrogen (secondary N) is 1. The summed E-state index contributed by atoms with van der Waals surface area (Å²) in [5.41, 5.74) is 3.41. The summed E-state index contributed by atoms with van der Waals surface area (Å²) in [7, 11) is 0. The lowest BCUT2D eigenvalue weighted by Crippen LogP contribution is -2.17. The molecule has 5 heteroatoms. The van der Waals surface area contributed by atoms with Crippen LogP contribution in [0.4, 0.5) is 0 Å². The van der Waals surface area contributed by atoms with Gasteiger partial charge >= 0.3 is 0 Å². The van der Waals surface area contributed by atoms with Crippen molar-refractivity contribution in [3.05, 3.63) is 76.8 Å². The van der Waals surface area contributed by atoms with Crippen molar-refractivity contribution in [1.82, 2.24) is 5.43 Å². The molecule has 0 spiro atoms. The van der Waals surface area contributed by atoms with E-state index in [9.17, 15) is 9.90 Å². The van der Waals surface area contributed by atoms with Crippen molar-refractivity contribution in [3.8, 4) is 5.75 Å². The molecule has 2 N–H and O–H groups in total. The van der Waals surface area contributed by atoms with Gasteiger partial charge < -0.3 is 5.11 Å². The molecular weight excluding hydrogens is 312 g/mol. The first-order valence-corrected chi connectivity index (χ1v) is 7.32. The Labute approximate surface area is 138 Å². The Morgan fingerprint density at radius 3 is 2.70 bits per heavy atom. The zero-order valence-electron chi connectivity index (χ0n) is 12.0. The lowest BCUT2D eigenvalue weighted by atomic mass is 10.1. The van der Waals surface area contributed by atoms with Crippen molar-refractivity contribution < 1.29 is 9.90 Å². The average molecular weight is 325 g/mol. The van der Waals surface area contributed by atoms with Crippen LogP contribution in [0.3, 0.4) is 0 Å². The second kappa shape index (κ2) is 6.50. The van der Waals surface area contributed by atoms with Crippen molar-refractivity contribution >= 4 is 34.5 Å². The number of carbonyl (C=O) groups excluding carboxylic acids is 1. The maximum Gasteiger partial charge on any atom is 0.275 e. The molecule has 0 aliphatic rings. The van der Waals surface area contributed by atoms with Crippen molar-refractivity contribution in [3.63, 3.8) is 0 Å². The van der Waals surface area contributed by atoms with Gasteiger partial charge in [0.25, 0.3) is 5.91 Å². The van der Waals surface area contributed by atoms with Crippen LogP contribution in [-0.4, -0.2) is 17.2 Å². The molecule has 23 heavy (non-hydrogen) atoms. The van der Waals surface area contributed by atoms with E-state index in [0.29, 0.717) is 5.02 Å². The molecule has 0 saturated heterocycles. The molecule has 0 heterocycles. The summed E-state index contributed by atoms with van der Waals surface area (Å²) in [6, 6.07) is 18.1. The Bertz CT molecular complexity index is 901. The van der Waals surface area contributed by atoms with Crippen LogP contribution in [0.25, 0.3) is 10.8 Å². The summed E-state index contributed by atoms with van der Waals surface area (Å²) in [5.74, 6) is -0.689. The van der Waals surface area contributed by atoms with Crippen LogP contribution in [0.1, 0.15) is 15.9 Å². The van der Waals surface area contributed by atoms with E-state index in [4.69, 9.17) is 11.6 Å². The van der Waals surface area contributed by atoms with Gasteiger partial charge in [0.2, 0.25) is 0 Å². The number of halogens is 1. The second-order valence-corrected chi connectivity index (χ2v) is 5.37. The Kier molecular flexibility index (Phi) is 4.26. The predicted molar refractivity (Wildman–Crippen MR) is 92.1 cm³/mol. The van der Waals surface area contributed by atoms with Crippen molar-refractivity contribution in [2.75, 3.05) is 0 Å². The molecule has 3 aromatic carbocycles. The van der Waals surface area contributed by atoms with Crippen molar-refractivity contribution in [1.29, 1.82) is 0 Å². The standard InChI is InChI=1S/C18H13ClN2O2/c19-14-8-9-16(17(22)10-14)18(23)21-20-11-13-6-3-5-12-4-1-2-7-15(12)13/h1-11,22H,(H,21,23)/b20-11-. The number of hydrazone groups is 1. The molecule has 0 radical (unpaired) electrons. The molecule has 114 valence electrons. The molecule has 0 unspecified atom stereocenters. The van der Waals surface area contributed by atoms with Gasteiger partial charge in [-0.05, 0) is 29.0 Å². The van der Waals surface area contributed by atoms with Gasteiger partial charge in [0.05, 0.1) is 11.8 Å². The van der Waals surface area contributed by atoms with Crippen LogP contribution in [0, 0.1) is 0 Å². The van der Waals surface area contributed by atoms with E-state index in [1.807, 2.05) is 42.5 Å². The minimum Gasteiger partial charge on any atom is -0.507 e. The molecule has 0 aliphatic carbocycles. The zero-order chi connectivity index (χ0) is 16.2. The van der Waals surface area contributed by atoms with Gasteiger partial charge in [0, 0.05) is 10.6 Å². The molecule has 0 aromatic heterocycles. The van der Waals surface area contributed by atoms with E-state index in [2.05, 4.69) is 10.5 Å². The smallest absolute Gasteiger partial charge is 0.275 e. The highest BCUT2D eigenvalue weighted by Crippen LogP contribution is 2.21. The zero-order valence-corrected chi connectivity index (χ0v) is 12.8. The Morgan fingerprint density at radius 1 is 1.09 bits per heavy atom. The number of phenolic OH excluding ortho intramolecular Hbond substituents is 1. The van der Waals surface area contributed by atoms with Crippen LogP contribution >= 0.6 is 11.6 Å². The molecule has 0 saturated carbocycles. The monoisotopic (exact) mass is 324 g/mol. The number of benzene rings is 3. The van der Waals surface area contributed by atoms with E-state index in [1.165, 1.54) is 18.2 Å². The molecule has 3 aromatic rings. The summed E-state index contributed by atoms with van der Waals surface area (Å²) >= 11 is 5.74. The first-order chi connectivity index (χ1) is 11.1. The van der Waals surface area contributed by atoms with Gasteiger partial charge in [0.15, 0.2) is 0 Å². The number of carbonyl (C=O) groups is 1. The normalized spacial score (nSPS) is 11.0. The fourth-order valence-corrected chi connectivity index (χ4v) is 2.45. The lowest BCUT2D eigenvalue weighted by Gasteiger charge is -2.04. The Morgan fingerprint density at radius 2 is 1.87 bits per heavy atom. The average Bonchev–Trinajstić information content (AvgIpc) is 2.55. The first-order valence-electron chi connectivity index (χ1n) is 6.95. The number of hydrogen-bond donors (Lipinski definition) is 2. The summed E-state index contributed by atoms with van der Waals surface area (Å²) in [4.78, 5) is 12.0. The van der Waals surface area contributed by atoms with E-state index >= 15 is 0 Å². The highest BCUT2D eigenvalue weighted by atomic mass is 35.5. The molecule has 0 fully saturated rings. The summed E-state index contributed by atoms with van der Waals surface area (Å²) < 4.78 is 0. The second-order valence-electron chi connectivity index (χ2n) is 4.93. The number of hydrogen-bond acceptors (Lipinski definition) is 3. The third kappa shape index (κ3) is 3.33. The van der Waals surface area contributed by atoms with Crippen LogP contribution in [0.5, 0.6) is 5.75 Å². The molecule has 3 rings (SSSR count). The van der Waals surface area contributed by atoms with Gasteiger partial charge in [-0.15, -0.1) is 0 Å². The van der Waals surface area contributed by atoms with Gasteiger partial charge in [-0.25, -0.2) is 5.43 Å². The van der Waals surface area contributed by atoms with Crippen LogP contribution < -0.4 is 5.43 Å². The third-order valence-electron chi connectivity index (χ3n) is 3.40. The predicted octanol–water partition coefficient (Wildman–Crippen LogP) is 3.96. The topological polar surface area (TPSA) is 61.7 Å². The summed E-state index contributed by atoms with van der Waals surface area (Å²) in [5, 5.41) is 16.2. The van der Waals surface area contributed by atoms with Crippen LogP contribution in [-0.2, 0) is 0 Å². The molecule has 4 nitrogen and oxygen atoms in total. The highest BCUT2D eigenvalue weighted by molar-refractivity contribution is 6.30. The fourth-order valence-electron chi connectivity index (χ4n) is 2.28. The maximum atomic E-state index is 12.0. The van der Waals surface area contributed by atoms with Gasteiger partial charge in [-0.3, -0.25) is 4.79 Å². The van der Waals surface area contributed by atoms with Crippen LogP contribution in [0.15, 0.2) is 65.8 Å². The van der Waals surface area contributed by atoms with Crippen molar-refractivity contribution in [2.24, 2.45) is 5.10 Å². The third-order valence-corrected chi connectivity index (χ3v) is 3.63. The number of fused-ring (bicyclic) bond motifs is 1. The molecule has 0 atom stereocenters. The summed E-state index contributed by atoms with van der Waals surface area (Å²) in [6.45, 7) is 0. The number of phenols is 1. The number of aromatic hydroxyl groups is 1. The van der Waals surface area contributed by atoms with Crippen molar-refractivity contribution in [2.45, 2.75) is 0 Å². The van der Waals surface area contributed by atoms with Gasteiger partial charge in [-0.1, -0.05) is 54.1 Å². The minimum atomic E-state index is -0.504. The van der Waals surface area contributed by atoms with E-state index < -0.39 is 5.91 Å².